The lowest BCUT2D eigenvalue weighted by molar-refractivity contribution is 0.389. The molecule has 1 unspecified atom stereocenters. The van der Waals surface area contributed by atoms with E-state index in [1.54, 1.807) is 6.07 Å². The summed E-state index contributed by atoms with van der Waals surface area (Å²) in [5.74, 6) is -0.126. The van der Waals surface area contributed by atoms with Crippen molar-refractivity contribution < 1.29 is 10.2 Å². The third-order valence-electron chi connectivity index (χ3n) is 3.26. The molecule has 0 radical (unpaired) electrons. The van der Waals surface area contributed by atoms with Gasteiger partial charge in [0.2, 0.25) is 0 Å². The van der Waals surface area contributed by atoms with Gasteiger partial charge in [0.05, 0.1) is 0 Å². The van der Waals surface area contributed by atoms with E-state index in [-0.39, 0.29) is 23.0 Å². The Hall–Kier alpha value is -0.740. The summed E-state index contributed by atoms with van der Waals surface area (Å²) in [6.45, 7) is 1.93. The molecule has 0 bridgehead atoms. The SMILES string of the molecule is CC(N)C1(c2c(Br)ccc(O)c2O)CC1. The van der Waals surface area contributed by atoms with Gasteiger partial charge < -0.3 is 15.9 Å². The fourth-order valence-electron chi connectivity index (χ4n) is 2.10. The van der Waals surface area contributed by atoms with Crippen LogP contribution >= 0.6 is 15.9 Å². The Kier molecular flexibility index (Phi) is 2.43. The van der Waals surface area contributed by atoms with Crippen molar-refractivity contribution in [3.05, 3.63) is 22.2 Å². The van der Waals surface area contributed by atoms with E-state index in [9.17, 15) is 10.2 Å². The van der Waals surface area contributed by atoms with Gasteiger partial charge in [0, 0.05) is 21.5 Å². The largest absolute Gasteiger partial charge is 0.504 e. The van der Waals surface area contributed by atoms with Gasteiger partial charge in [0.1, 0.15) is 0 Å². The Morgan fingerprint density at radius 3 is 2.47 bits per heavy atom. The van der Waals surface area contributed by atoms with Gasteiger partial charge in [-0.1, -0.05) is 15.9 Å². The number of rotatable bonds is 2. The Morgan fingerprint density at radius 1 is 1.40 bits per heavy atom. The Balaban J connectivity index is 2.57. The van der Waals surface area contributed by atoms with Crippen molar-refractivity contribution in [3.8, 4) is 11.5 Å². The van der Waals surface area contributed by atoms with E-state index in [1.165, 1.54) is 6.07 Å². The summed E-state index contributed by atoms with van der Waals surface area (Å²) in [6.07, 6.45) is 1.92. The van der Waals surface area contributed by atoms with Gasteiger partial charge in [0.25, 0.3) is 0 Å². The maximum absolute atomic E-state index is 9.87. The normalized spacial score (nSPS) is 19.9. The molecule has 1 atom stereocenters. The maximum Gasteiger partial charge on any atom is 0.162 e. The smallest absolute Gasteiger partial charge is 0.162 e. The quantitative estimate of drug-likeness (QED) is 0.723. The molecule has 0 aromatic heterocycles. The number of hydrogen-bond acceptors (Lipinski definition) is 3. The molecule has 1 aromatic rings. The molecule has 0 saturated heterocycles. The molecule has 82 valence electrons. The molecule has 2 rings (SSSR count). The Labute approximate surface area is 97.0 Å². The molecule has 15 heavy (non-hydrogen) atoms. The second-order valence-electron chi connectivity index (χ2n) is 4.23. The number of phenols is 2. The summed E-state index contributed by atoms with van der Waals surface area (Å²) in [5, 5.41) is 19.4. The third-order valence-corrected chi connectivity index (χ3v) is 3.92. The van der Waals surface area contributed by atoms with Crippen LogP contribution in [0.25, 0.3) is 0 Å². The van der Waals surface area contributed by atoms with Crippen LogP contribution in [-0.2, 0) is 5.41 Å². The highest BCUT2D eigenvalue weighted by Gasteiger charge is 2.50. The van der Waals surface area contributed by atoms with Gasteiger partial charge in [-0.25, -0.2) is 0 Å². The second kappa shape index (κ2) is 3.39. The van der Waals surface area contributed by atoms with Crippen molar-refractivity contribution in [3.63, 3.8) is 0 Å². The molecule has 1 aliphatic rings. The van der Waals surface area contributed by atoms with Crippen molar-refractivity contribution in [1.29, 1.82) is 0 Å². The lowest BCUT2D eigenvalue weighted by Gasteiger charge is -2.22. The van der Waals surface area contributed by atoms with Crippen LogP contribution in [0.2, 0.25) is 0 Å². The van der Waals surface area contributed by atoms with Crippen LogP contribution in [0.5, 0.6) is 11.5 Å². The van der Waals surface area contributed by atoms with Crippen LogP contribution in [-0.4, -0.2) is 16.3 Å². The van der Waals surface area contributed by atoms with Crippen LogP contribution in [0, 0.1) is 0 Å². The van der Waals surface area contributed by atoms with Crippen LogP contribution in [0.15, 0.2) is 16.6 Å². The topological polar surface area (TPSA) is 66.5 Å². The van der Waals surface area contributed by atoms with Crippen molar-refractivity contribution in [2.45, 2.75) is 31.2 Å². The zero-order chi connectivity index (χ0) is 11.2. The van der Waals surface area contributed by atoms with E-state index >= 15 is 0 Å². The van der Waals surface area contributed by atoms with Gasteiger partial charge >= 0.3 is 0 Å². The molecule has 1 saturated carbocycles. The Bertz CT molecular complexity index is 400. The molecule has 4 heteroatoms. The molecule has 0 spiro atoms. The second-order valence-corrected chi connectivity index (χ2v) is 5.09. The number of benzene rings is 1. The van der Waals surface area contributed by atoms with Crippen LogP contribution in [0.4, 0.5) is 0 Å². The first-order valence-electron chi connectivity index (χ1n) is 4.95. The fourth-order valence-corrected chi connectivity index (χ4v) is 2.81. The summed E-state index contributed by atoms with van der Waals surface area (Å²) in [7, 11) is 0. The third kappa shape index (κ3) is 1.52. The molecule has 0 heterocycles. The summed E-state index contributed by atoms with van der Waals surface area (Å²) < 4.78 is 0.813. The zero-order valence-electron chi connectivity index (χ0n) is 8.50. The van der Waals surface area contributed by atoms with Crippen LogP contribution in [0.1, 0.15) is 25.3 Å². The number of phenolic OH excluding ortho intramolecular Hbond substituents is 2. The highest BCUT2D eigenvalue weighted by atomic mass is 79.9. The lowest BCUT2D eigenvalue weighted by Crippen LogP contribution is -2.31. The number of halogens is 1. The first-order valence-corrected chi connectivity index (χ1v) is 5.75. The standard InChI is InChI=1S/C11H14BrNO2/c1-6(13)11(4-5-11)9-7(12)2-3-8(14)10(9)15/h2-3,6,14-15H,4-5,13H2,1H3. The first-order chi connectivity index (χ1) is 6.99. The predicted octanol–water partition coefficient (Wildman–Crippen LogP) is 2.24. The average Bonchev–Trinajstić information content (AvgIpc) is 2.93. The molecule has 0 aliphatic heterocycles. The number of hydrogen-bond donors (Lipinski definition) is 3. The van der Waals surface area contributed by atoms with Gasteiger partial charge in [0.15, 0.2) is 11.5 Å². The molecule has 1 aliphatic carbocycles. The molecule has 1 aromatic carbocycles. The lowest BCUT2D eigenvalue weighted by atomic mass is 9.88. The van der Waals surface area contributed by atoms with Gasteiger partial charge in [-0.2, -0.15) is 0 Å². The van der Waals surface area contributed by atoms with E-state index in [0.717, 1.165) is 22.9 Å². The molecule has 1 fully saturated rings. The van der Waals surface area contributed by atoms with E-state index in [1.807, 2.05) is 6.92 Å². The maximum atomic E-state index is 9.87. The summed E-state index contributed by atoms with van der Waals surface area (Å²) >= 11 is 3.40. The fraction of sp³-hybridized carbons (Fsp3) is 0.455. The molecule has 0 amide bonds. The monoisotopic (exact) mass is 271 g/mol. The van der Waals surface area contributed by atoms with E-state index in [4.69, 9.17) is 5.73 Å². The van der Waals surface area contributed by atoms with E-state index < -0.39 is 0 Å². The first kappa shape index (κ1) is 10.8. The van der Waals surface area contributed by atoms with Crippen LogP contribution < -0.4 is 5.73 Å². The van der Waals surface area contributed by atoms with Gasteiger partial charge in [-0.3, -0.25) is 0 Å². The van der Waals surface area contributed by atoms with Crippen molar-refractivity contribution in [1.82, 2.24) is 0 Å². The number of nitrogens with two attached hydrogens (primary N) is 1. The van der Waals surface area contributed by atoms with Gasteiger partial charge in [-0.15, -0.1) is 0 Å². The van der Waals surface area contributed by atoms with Gasteiger partial charge in [-0.05, 0) is 31.9 Å². The Morgan fingerprint density at radius 2 is 2.00 bits per heavy atom. The minimum absolute atomic E-state index is 0.0264. The molecular formula is C11H14BrNO2. The predicted molar refractivity (Wildman–Crippen MR) is 62.0 cm³/mol. The average molecular weight is 272 g/mol. The molecular weight excluding hydrogens is 258 g/mol. The highest BCUT2D eigenvalue weighted by Crippen LogP contribution is 2.56. The summed E-state index contributed by atoms with van der Waals surface area (Å²) in [5.41, 5.74) is 6.52. The van der Waals surface area contributed by atoms with Crippen LogP contribution in [0.3, 0.4) is 0 Å². The minimum Gasteiger partial charge on any atom is -0.504 e. The summed E-state index contributed by atoms with van der Waals surface area (Å²) in [6, 6.07) is 3.19. The minimum atomic E-state index is -0.165. The highest BCUT2D eigenvalue weighted by molar-refractivity contribution is 9.10. The number of aromatic hydroxyl groups is 2. The van der Waals surface area contributed by atoms with Crippen molar-refractivity contribution in [2.24, 2.45) is 5.73 Å². The molecule has 4 N–H and O–H groups in total. The van der Waals surface area contributed by atoms with E-state index in [0.29, 0.717) is 0 Å². The van der Waals surface area contributed by atoms with E-state index in [2.05, 4.69) is 15.9 Å². The van der Waals surface area contributed by atoms with Crippen molar-refractivity contribution >= 4 is 15.9 Å². The van der Waals surface area contributed by atoms with Crippen molar-refractivity contribution in [2.75, 3.05) is 0 Å². The molecule has 3 nitrogen and oxygen atoms in total. The zero-order valence-corrected chi connectivity index (χ0v) is 10.1. The summed E-state index contributed by atoms with van der Waals surface area (Å²) in [4.78, 5) is 0.